The lowest BCUT2D eigenvalue weighted by Gasteiger charge is -2.34. The number of anilines is 1. The van der Waals surface area contributed by atoms with E-state index in [-0.39, 0.29) is 11.6 Å². The van der Waals surface area contributed by atoms with Crippen LogP contribution in [-0.2, 0) is 0 Å². The fourth-order valence-corrected chi connectivity index (χ4v) is 3.07. The second-order valence-corrected chi connectivity index (χ2v) is 6.50. The molecule has 1 aliphatic heterocycles. The number of hydrogen-bond acceptors (Lipinski definition) is 4. The number of likely N-dealkylation sites (N-methyl/N-ethyl adjacent to an activating group) is 1. The molecule has 1 saturated heterocycles. The summed E-state index contributed by atoms with van der Waals surface area (Å²) in [6, 6.07) is 10.1. The fourth-order valence-electron chi connectivity index (χ4n) is 2.89. The summed E-state index contributed by atoms with van der Waals surface area (Å²) >= 11 is 6.06. The maximum atomic E-state index is 12.7. The Hall–Kier alpha value is -2.44. The van der Waals surface area contributed by atoms with Gasteiger partial charge in [-0.25, -0.2) is 0 Å². The molecule has 2 amide bonds. The van der Waals surface area contributed by atoms with Gasteiger partial charge in [-0.3, -0.25) is 14.6 Å². The van der Waals surface area contributed by atoms with Crippen molar-refractivity contribution in [3.8, 4) is 0 Å². The number of carbonyl (C=O) groups is 2. The van der Waals surface area contributed by atoms with Gasteiger partial charge in [0.05, 0.1) is 10.7 Å². The molecule has 0 atom stereocenters. The molecule has 1 aromatic heterocycles. The van der Waals surface area contributed by atoms with E-state index in [9.17, 15) is 9.59 Å². The molecular formula is C19H21ClN4O2. The van der Waals surface area contributed by atoms with Crippen LogP contribution in [0.25, 0.3) is 0 Å². The Labute approximate surface area is 157 Å². The van der Waals surface area contributed by atoms with E-state index in [0.717, 1.165) is 19.6 Å². The lowest BCUT2D eigenvalue weighted by atomic mass is 10.1. The van der Waals surface area contributed by atoms with Gasteiger partial charge in [0, 0.05) is 37.9 Å². The first-order valence-electron chi connectivity index (χ1n) is 8.62. The van der Waals surface area contributed by atoms with E-state index in [1.54, 1.807) is 30.3 Å². The van der Waals surface area contributed by atoms with Crippen molar-refractivity contribution in [3.63, 3.8) is 0 Å². The number of hydrogen-bond donors (Lipinski definition) is 1. The number of halogens is 1. The van der Waals surface area contributed by atoms with Gasteiger partial charge in [0.2, 0.25) is 0 Å². The van der Waals surface area contributed by atoms with Crippen LogP contribution < -0.4 is 5.32 Å². The fraction of sp³-hybridized carbons (Fsp3) is 0.316. The van der Waals surface area contributed by atoms with Crippen molar-refractivity contribution >= 4 is 29.1 Å². The number of amides is 2. The molecule has 0 radical (unpaired) electrons. The lowest BCUT2D eigenvalue weighted by Crippen LogP contribution is -2.48. The number of nitrogens with one attached hydrogen (secondary N) is 1. The van der Waals surface area contributed by atoms with Crippen LogP contribution in [-0.4, -0.2) is 59.3 Å². The summed E-state index contributed by atoms with van der Waals surface area (Å²) in [7, 11) is 0. The average Bonchev–Trinajstić information content (AvgIpc) is 2.69. The molecule has 2 heterocycles. The molecular weight excluding hydrogens is 352 g/mol. The Kier molecular flexibility index (Phi) is 5.85. The summed E-state index contributed by atoms with van der Waals surface area (Å²) in [5.74, 6) is -0.474. The normalized spacial score (nSPS) is 14.9. The number of benzene rings is 1. The number of aromatic nitrogens is 1. The highest BCUT2D eigenvalue weighted by molar-refractivity contribution is 6.33. The molecule has 1 N–H and O–H groups in total. The minimum absolute atomic E-state index is 0.0741. The first-order chi connectivity index (χ1) is 12.6. The van der Waals surface area contributed by atoms with Gasteiger partial charge in [-0.2, -0.15) is 0 Å². The van der Waals surface area contributed by atoms with E-state index < -0.39 is 5.91 Å². The van der Waals surface area contributed by atoms with Crippen LogP contribution in [0.3, 0.4) is 0 Å². The molecule has 3 rings (SSSR count). The summed E-state index contributed by atoms with van der Waals surface area (Å²) in [5.41, 5.74) is 1.16. The third-order valence-electron chi connectivity index (χ3n) is 4.47. The summed E-state index contributed by atoms with van der Waals surface area (Å²) in [5, 5.41) is 3.17. The SMILES string of the molecule is CCN1CCN(C(=O)c2ccnc(C(=O)Nc3ccccc3Cl)c2)CC1. The standard InChI is InChI=1S/C19H21ClN4O2/c1-2-23-9-11-24(12-10-23)19(26)14-7-8-21-17(13-14)18(25)22-16-6-4-3-5-15(16)20/h3-8,13H,2,9-12H2,1H3,(H,22,25). The highest BCUT2D eigenvalue weighted by Gasteiger charge is 2.22. The molecule has 6 nitrogen and oxygen atoms in total. The number of para-hydroxylation sites is 1. The summed E-state index contributed by atoms with van der Waals surface area (Å²) in [6.07, 6.45) is 1.48. The van der Waals surface area contributed by atoms with Crippen LogP contribution in [0.15, 0.2) is 42.6 Å². The van der Waals surface area contributed by atoms with Crippen molar-refractivity contribution in [2.24, 2.45) is 0 Å². The van der Waals surface area contributed by atoms with Crippen molar-refractivity contribution in [2.75, 3.05) is 38.0 Å². The molecule has 2 aromatic rings. The predicted molar refractivity (Wildman–Crippen MR) is 102 cm³/mol. The molecule has 1 fully saturated rings. The first-order valence-corrected chi connectivity index (χ1v) is 9.00. The molecule has 0 unspecified atom stereocenters. The second-order valence-electron chi connectivity index (χ2n) is 6.09. The summed E-state index contributed by atoms with van der Waals surface area (Å²) in [6.45, 7) is 6.22. The van der Waals surface area contributed by atoms with Gasteiger partial charge in [0.25, 0.3) is 11.8 Å². The Bertz CT molecular complexity index is 804. The van der Waals surface area contributed by atoms with E-state index in [2.05, 4.69) is 22.1 Å². The minimum atomic E-state index is -0.399. The van der Waals surface area contributed by atoms with Crippen LogP contribution >= 0.6 is 11.6 Å². The van der Waals surface area contributed by atoms with Crippen molar-refractivity contribution in [1.82, 2.24) is 14.8 Å². The molecule has 0 bridgehead atoms. The van der Waals surface area contributed by atoms with Crippen LogP contribution in [0.4, 0.5) is 5.69 Å². The monoisotopic (exact) mass is 372 g/mol. The van der Waals surface area contributed by atoms with E-state index >= 15 is 0 Å². The zero-order valence-electron chi connectivity index (χ0n) is 14.6. The highest BCUT2D eigenvalue weighted by Crippen LogP contribution is 2.21. The maximum absolute atomic E-state index is 12.7. The van der Waals surface area contributed by atoms with Gasteiger partial charge >= 0.3 is 0 Å². The molecule has 0 spiro atoms. The Morgan fingerprint density at radius 1 is 1.15 bits per heavy atom. The van der Waals surface area contributed by atoms with Gasteiger partial charge in [-0.05, 0) is 30.8 Å². The Morgan fingerprint density at radius 2 is 1.88 bits per heavy atom. The molecule has 26 heavy (non-hydrogen) atoms. The minimum Gasteiger partial charge on any atom is -0.336 e. The van der Waals surface area contributed by atoms with Gasteiger partial charge in [0.15, 0.2) is 0 Å². The zero-order chi connectivity index (χ0) is 18.5. The van der Waals surface area contributed by atoms with Crippen LogP contribution in [0.1, 0.15) is 27.8 Å². The quantitative estimate of drug-likeness (QED) is 0.896. The largest absolute Gasteiger partial charge is 0.336 e. The van der Waals surface area contributed by atoms with Crippen LogP contribution in [0.5, 0.6) is 0 Å². The number of piperazine rings is 1. The lowest BCUT2D eigenvalue weighted by molar-refractivity contribution is 0.0643. The van der Waals surface area contributed by atoms with Gasteiger partial charge < -0.3 is 15.1 Å². The molecule has 0 saturated carbocycles. The third kappa shape index (κ3) is 4.20. The third-order valence-corrected chi connectivity index (χ3v) is 4.80. The van der Waals surface area contributed by atoms with Gasteiger partial charge in [-0.1, -0.05) is 30.7 Å². The number of nitrogens with zero attached hydrogens (tertiary/aromatic N) is 3. The van der Waals surface area contributed by atoms with Crippen molar-refractivity contribution in [2.45, 2.75) is 6.92 Å². The number of pyridine rings is 1. The molecule has 7 heteroatoms. The van der Waals surface area contributed by atoms with E-state index in [1.165, 1.54) is 12.3 Å². The van der Waals surface area contributed by atoms with Crippen molar-refractivity contribution in [1.29, 1.82) is 0 Å². The van der Waals surface area contributed by atoms with Gasteiger partial charge in [0.1, 0.15) is 5.69 Å². The highest BCUT2D eigenvalue weighted by atomic mass is 35.5. The number of carbonyl (C=O) groups excluding carboxylic acids is 2. The summed E-state index contributed by atoms with van der Waals surface area (Å²) < 4.78 is 0. The number of rotatable bonds is 4. The smallest absolute Gasteiger partial charge is 0.274 e. The average molecular weight is 373 g/mol. The maximum Gasteiger partial charge on any atom is 0.274 e. The van der Waals surface area contributed by atoms with Crippen molar-refractivity contribution in [3.05, 3.63) is 58.9 Å². The Morgan fingerprint density at radius 3 is 2.58 bits per heavy atom. The summed E-state index contributed by atoms with van der Waals surface area (Å²) in [4.78, 5) is 33.3. The first kappa shape index (κ1) is 18.4. The van der Waals surface area contributed by atoms with Crippen LogP contribution in [0.2, 0.25) is 5.02 Å². The van der Waals surface area contributed by atoms with E-state index in [4.69, 9.17) is 11.6 Å². The molecule has 1 aromatic carbocycles. The zero-order valence-corrected chi connectivity index (χ0v) is 15.4. The molecule has 136 valence electrons. The van der Waals surface area contributed by atoms with Crippen LogP contribution in [0, 0.1) is 0 Å². The second kappa shape index (κ2) is 8.29. The van der Waals surface area contributed by atoms with Gasteiger partial charge in [-0.15, -0.1) is 0 Å². The van der Waals surface area contributed by atoms with Crippen molar-refractivity contribution < 1.29 is 9.59 Å². The molecule has 0 aliphatic carbocycles. The van der Waals surface area contributed by atoms with E-state index in [1.807, 2.05) is 4.90 Å². The van der Waals surface area contributed by atoms with E-state index in [0.29, 0.717) is 29.4 Å². The topological polar surface area (TPSA) is 65.5 Å². The predicted octanol–water partition coefficient (Wildman–Crippen LogP) is 2.77. The Balaban J connectivity index is 1.71. The molecule has 1 aliphatic rings.